The Bertz CT molecular complexity index is 1360. The van der Waals surface area contributed by atoms with Crippen molar-refractivity contribution < 1.29 is 23.8 Å². The molecule has 166 valence electrons. The van der Waals surface area contributed by atoms with Crippen LogP contribution in [0.1, 0.15) is 30.3 Å². The Morgan fingerprint density at radius 1 is 1.16 bits per heavy atom. The summed E-state index contributed by atoms with van der Waals surface area (Å²) in [6.45, 7) is 2.17. The number of oxazole rings is 1. The molecule has 0 saturated carbocycles. The summed E-state index contributed by atoms with van der Waals surface area (Å²) in [4.78, 5) is 33.3. The molecule has 0 aliphatic heterocycles. The first-order chi connectivity index (χ1) is 15.4. The number of esters is 1. The summed E-state index contributed by atoms with van der Waals surface area (Å²) in [5.41, 5.74) is 0.460. The maximum absolute atomic E-state index is 12.4. The van der Waals surface area contributed by atoms with Gasteiger partial charge in [-0.25, -0.2) is 4.79 Å². The largest absolute Gasteiger partial charge is 0.505 e. The molecule has 2 aromatic carbocycles. The highest BCUT2D eigenvalue weighted by molar-refractivity contribution is 5.99. The van der Waals surface area contributed by atoms with Crippen molar-refractivity contribution in [3.63, 3.8) is 0 Å². The second kappa shape index (κ2) is 8.62. The SMILES string of the molecule is CCCCOC(=O)c1[nH]c(=O)c2ccc(Oc3ccc4oc(N(C)C)nc4c3)cc2c1O. The number of hydrogen-bond donors (Lipinski definition) is 2. The van der Waals surface area contributed by atoms with E-state index in [-0.39, 0.29) is 28.8 Å². The molecule has 2 aromatic heterocycles. The summed E-state index contributed by atoms with van der Waals surface area (Å²) < 4.78 is 16.7. The van der Waals surface area contributed by atoms with Crippen molar-refractivity contribution in [3.8, 4) is 17.2 Å². The van der Waals surface area contributed by atoms with Crippen LogP contribution < -0.4 is 15.2 Å². The van der Waals surface area contributed by atoms with Crippen LogP contribution in [-0.4, -0.2) is 41.7 Å². The molecule has 0 bridgehead atoms. The van der Waals surface area contributed by atoms with Gasteiger partial charge in [0.2, 0.25) is 0 Å². The minimum atomic E-state index is -0.783. The predicted molar refractivity (Wildman–Crippen MR) is 120 cm³/mol. The summed E-state index contributed by atoms with van der Waals surface area (Å²) in [5.74, 6) is -0.276. The number of aromatic amines is 1. The van der Waals surface area contributed by atoms with Gasteiger partial charge in [-0.2, -0.15) is 4.98 Å². The van der Waals surface area contributed by atoms with E-state index in [1.165, 1.54) is 12.1 Å². The summed E-state index contributed by atoms with van der Waals surface area (Å²) in [5, 5.41) is 11.0. The molecule has 0 aliphatic carbocycles. The van der Waals surface area contributed by atoms with Crippen LogP contribution in [0.25, 0.3) is 21.9 Å². The van der Waals surface area contributed by atoms with Gasteiger partial charge in [0.1, 0.15) is 17.0 Å². The second-order valence-corrected chi connectivity index (χ2v) is 7.50. The van der Waals surface area contributed by atoms with Crippen LogP contribution >= 0.6 is 0 Å². The first kappa shape index (κ1) is 21.2. The van der Waals surface area contributed by atoms with Gasteiger partial charge in [-0.15, -0.1) is 0 Å². The van der Waals surface area contributed by atoms with Gasteiger partial charge in [0, 0.05) is 25.5 Å². The van der Waals surface area contributed by atoms with Crippen molar-refractivity contribution in [1.82, 2.24) is 9.97 Å². The zero-order valence-corrected chi connectivity index (χ0v) is 18.0. The van der Waals surface area contributed by atoms with Gasteiger partial charge < -0.3 is 28.9 Å². The monoisotopic (exact) mass is 437 g/mol. The predicted octanol–water partition coefficient (Wildman–Crippen LogP) is 4.19. The normalized spacial score (nSPS) is 11.1. The maximum Gasteiger partial charge on any atom is 0.358 e. The number of aromatic nitrogens is 2. The van der Waals surface area contributed by atoms with E-state index >= 15 is 0 Å². The lowest BCUT2D eigenvalue weighted by molar-refractivity contribution is 0.0489. The molecular weight excluding hydrogens is 414 g/mol. The first-order valence-electron chi connectivity index (χ1n) is 10.2. The van der Waals surface area contributed by atoms with Gasteiger partial charge in [0.05, 0.1) is 12.0 Å². The van der Waals surface area contributed by atoms with E-state index < -0.39 is 11.5 Å². The smallest absolute Gasteiger partial charge is 0.358 e. The number of fused-ring (bicyclic) bond motifs is 2. The Morgan fingerprint density at radius 3 is 2.66 bits per heavy atom. The van der Waals surface area contributed by atoms with Crippen LogP contribution in [0.2, 0.25) is 0 Å². The lowest BCUT2D eigenvalue weighted by Gasteiger charge is -2.10. The van der Waals surface area contributed by atoms with Gasteiger partial charge in [-0.1, -0.05) is 13.3 Å². The lowest BCUT2D eigenvalue weighted by atomic mass is 10.1. The number of unbranched alkanes of at least 4 members (excludes halogenated alkanes) is 1. The number of carbonyl (C=O) groups is 1. The van der Waals surface area contributed by atoms with Crippen molar-refractivity contribution in [1.29, 1.82) is 0 Å². The van der Waals surface area contributed by atoms with Crippen LogP contribution in [0.5, 0.6) is 17.2 Å². The number of ether oxygens (including phenoxy) is 2. The lowest BCUT2D eigenvalue weighted by Crippen LogP contribution is -2.16. The van der Waals surface area contributed by atoms with Gasteiger partial charge in [0.15, 0.2) is 17.0 Å². The third kappa shape index (κ3) is 4.09. The van der Waals surface area contributed by atoms with Crippen molar-refractivity contribution >= 4 is 33.9 Å². The van der Waals surface area contributed by atoms with E-state index in [1.54, 1.807) is 29.2 Å². The molecule has 0 saturated heterocycles. The number of carbonyl (C=O) groups excluding carboxylic acids is 1. The van der Waals surface area contributed by atoms with Gasteiger partial charge in [0.25, 0.3) is 11.6 Å². The van der Waals surface area contributed by atoms with E-state index in [2.05, 4.69) is 9.97 Å². The molecular formula is C23H23N3O6. The van der Waals surface area contributed by atoms with Crippen LogP contribution in [0.15, 0.2) is 45.6 Å². The number of anilines is 1. The number of hydrogen-bond acceptors (Lipinski definition) is 8. The fourth-order valence-electron chi connectivity index (χ4n) is 3.17. The fraction of sp³-hybridized carbons (Fsp3) is 0.261. The van der Waals surface area contributed by atoms with Gasteiger partial charge in [-0.3, -0.25) is 4.79 Å². The van der Waals surface area contributed by atoms with Crippen molar-refractivity contribution in [2.24, 2.45) is 0 Å². The van der Waals surface area contributed by atoms with Crippen LogP contribution in [0.4, 0.5) is 6.01 Å². The molecule has 2 N–H and O–H groups in total. The minimum absolute atomic E-state index is 0.186. The zero-order chi connectivity index (χ0) is 22.8. The minimum Gasteiger partial charge on any atom is -0.505 e. The Balaban J connectivity index is 1.66. The van der Waals surface area contributed by atoms with Crippen molar-refractivity contribution in [2.75, 3.05) is 25.6 Å². The fourth-order valence-corrected chi connectivity index (χ4v) is 3.17. The number of benzene rings is 2. The van der Waals surface area contributed by atoms with E-state index in [1.807, 2.05) is 21.0 Å². The number of pyridine rings is 1. The standard InChI is InChI=1S/C23H23N3O6/c1-4-5-10-30-22(29)19-20(27)16-11-13(6-8-15(16)21(28)25-19)31-14-7-9-18-17(12-14)24-23(32-18)26(2)3/h6-9,11-12,27H,4-5,10H2,1-3H3,(H,25,28). The molecule has 4 aromatic rings. The second-order valence-electron chi connectivity index (χ2n) is 7.50. The average molecular weight is 437 g/mol. The Morgan fingerprint density at radius 2 is 1.91 bits per heavy atom. The summed E-state index contributed by atoms with van der Waals surface area (Å²) in [6.07, 6.45) is 1.54. The van der Waals surface area contributed by atoms with Crippen LogP contribution in [0, 0.1) is 0 Å². The number of nitrogens with one attached hydrogen (secondary N) is 1. The first-order valence-corrected chi connectivity index (χ1v) is 10.2. The molecule has 32 heavy (non-hydrogen) atoms. The quantitative estimate of drug-likeness (QED) is 0.326. The van der Waals surface area contributed by atoms with Crippen LogP contribution in [0.3, 0.4) is 0 Å². The molecule has 2 heterocycles. The Hall–Kier alpha value is -4.01. The number of nitrogens with zero attached hydrogens (tertiary/aromatic N) is 2. The number of rotatable bonds is 7. The molecule has 0 radical (unpaired) electrons. The molecule has 0 spiro atoms. The molecule has 9 heteroatoms. The molecule has 0 aliphatic rings. The highest BCUT2D eigenvalue weighted by Gasteiger charge is 2.19. The molecule has 0 amide bonds. The third-order valence-corrected chi connectivity index (χ3v) is 4.87. The van der Waals surface area contributed by atoms with E-state index in [0.29, 0.717) is 35.0 Å². The van der Waals surface area contributed by atoms with Crippen molar-refractivity contribution in [3.05, 3.63) is 52.4 Å². The molecule has 9 nitrogen and oxygen atoms in total. The summed E-state index contributed by atoms with van der Waals surface area (Å²) in [6, 6.07) is 10.3. The Kier molecular flexibility index (Phi) is 5.72. The number of aromatic hydroxyl groups is 1. The average Bonchev–Trinajstić information content (AvgIpc) is 3.20. The maximum atomic E-state index is 12.4. The third-order valence-electron chi connectivity index (χ3n) is 4.87. The van der Waals surface area contributed by atoms with Gasteiger partial charge in [-0.05, 0) is 36.8 Å². The van der Waals surface area contributed by atoms with E-state index in [4.69, 9.17) is 13.9 Å². The van der Waals surface area contributed by atoms with Crippen LogP contribution in [-0.2, 0) is 4.74 Å². The highest BCUT2D eigenvalue weighted by Crippen LogP contribution is 2.32. The molecule has 0 fully saturated rings. The molecule has 0 atom stereocenters. The summed E-state index contributed by atoms with van der Waals surface area (Å²) in [7, 11) is 3.67. The zero-order valence-electron chi connectivity index (χ0n) is 18.0. The molecule has 4 rings (SSSR count). The summed E-state index contributed by atoms with van der Waals surface area (Å²) >= 11 is 0. The van der Waals surface area contributed by atoms with Crippen molar-refractivity contribution in [2.45, 2.75) is 19.8 Å². The Labute approximate surface area is 183 Å². The topological polar surface area (TPSA) is 118 Å². The molecule has 0 unspecified atom stereocenters. The van der Waals surface area contributed by atoms with Gasteiger partial charge >= 0.3 is 5.97 Å². The highest BCUT2D eigenvalue weighted by atomic mass is 16.5. The number of H-pyrrole nitrogens is 1. The van der Waals surface area contributed by atoms with E-state index in [0.717, 1.165) is 6.42 Å². The van der Waals surface area contributed by atoms with E-state index in [9.17, 15) is 14.7 Å².